The van der Waals surface area contributed by atoms with Gasteiger partial charge in [0.15, 0.2) is 46.5 Å². The van der Waals surface area contributed by atoms with Crippen LogP contribution in [-0.4, -0.2) is 142 Å². The van der Waals surface area contributed by atoms with Crippen LogP contribution in [0.2, 0.25) is 0 Å². The van der Waals surface area contributed by atoms with E-state index in [4.69, 9.17) is 0 Å². The number of alkyl halides is 34. The number of imide groups is 2. The number of rotatable bonds is 18. The first-order chi connectivity index (χ1) is 40.6. The molecule has 7 rings (SSSR count). The minimum Gasteiger partial charge on any atom is -0.274 e. The summed E-state index contributed by atoms with van der Waals surface area (Å²) in [5.41, 5.74) is -10.6. The second kappa shape index (κ2) is 19.7. The molecule has 0 radical (unpaired) electrons. The van der Waals surface area contributed by atoms with Crippen LogP contribution >= 0.6 is 0 Å². The van der Waals surface area contributed by atoms with Gasteiger partial charge in [0.1, 0.15) is 0 Å². The van der Waals surface area contributed by atoms with E-state index in [-0.39, 0.29) is 0 Å². The monoisotopic (exact) mass is 1430 g/mol. The first-order valence-electron chi connectivity index (χ1n) is 22.5. The van der Waals surface area contributed by atoms with Crippen molar-refractivity contribution < 1.29 is 204 Å². The highest BCUT2D eigenvalue weighted by molar-refractivity contribution is 6.41. The third kappa shape index (κ3) is 8.26. The molecule has 0 saturated carbocycles. The van der Waals surface area contributed by atoms with Gasteiger partial charge >= 0.3 is 95.3 Å². The topological polar surface area (TPSA) is 74.8 Å². The average Bonchev–Trinajstić information content (AvgIpc) is 0.667. The van der Waals surface area contributed by atoms with Crippen LogP contribution in [0.25, 0.3) is 43.1 Å². The number of benzene rings is 5. The zero-order valence-corrected chi connectivity index (χ0v) is 41.2. The number of hydrogen-bond donors (Lipinski definition) is 0. The molecule has 0 fully saturated rings. The molecule has 0 unspecified atom stereocenters. The van der Waals surface area contributed by atoms with E-state index >= 15 is 35.1 Å². The van der Waals surface area contributed by atoms with Crippen LogP contribution in [-0.2, 0) is 0 Å². The third-order valence-corrected chi connectivity index (χ3v) is 14.2. The summed E-state index contributed by atoms with van der Waals surface area (Å²) < 4.78 is 604. The quantitative estimate of drug-likeness (QED) is 0.0379. The second-order valence-electron chi connectivity index (χ2n) is 19.3. The molecule has 0 spiro atoms. The van der Waals surface area contributed by atoms with Crippen molar-refractivity contribution in [3.8, 4) is 0 Å². The molecule has 512 valence electrons. The average molecular weight is 1430 g/mol. The molecule has 0 N–H and O–H groups in total. The Balaban J connectivity index is 1.34. The Morgan fingerprint density at radius 2 is 0.370 bits per heavy atom. The van der Waals surface area contributed by atoms with Gasteiger partial charge in [-0.25, -0.2) is 35.1 Å². The Hall–Kier alpha value is -7.26. The summed E-state index contributed by atoms with van der Waals surface area (Å²) in [5.74, 6) is -161. The maximum atomic E-state index is 16.6. The molecular formula is C44H8F42N2O4. The van der Waals surface area contributed by atoms with Crippen LogP contribution < -0.4 is 0 Å². The molecule has 0 aliphatic carbocycles. The minimum absolute atomic E-state index is 1.51. The summed E-state index contributed by atoms with van der Waals surface area (Å²) in [6.07, 6.45) is -24.1. The molecule has 5 aromatic rings. The van der Waals surface area contributed by atoms with Crippen molar-refractivity contribution in [2.45, 2.75) is 108 Å². The lowest BCUT2D eigenvalue weighted by atomic mass is 9.80. The smallest absolute Gasteiger partial charge is 0.274 e. The van der Waals surface area contributed by atoms with Gasteiger partial charge in [-0.05, 0) is 0 Å². The van der Waals surface area contributed by atoms with E-state index in [0.29, 0.717) is 0 Å². The van der Waals surface area contributed by atoms with Crippen LogP contribution in [0.1, 0.15) is 54.3 Å². The van der Waals surface area contributed by atoms with Crippen molar-refractivity contribution in [1.29, 1.82) is 0 Å². The fourth-order valence-corrected chi connectivity index (χ4v) is 9.34. The van der Waals surface area contributed by atoms with E-state index < -0.39 is 267 Å². The Bertz CT molecular complexity index is 3630. The molecular weight excluding hydrogens is 1420 g/mol. The minimum atomic E-state index is -9.24. The lowest BCUT2D eigenvalue weighted by Gasteiger charge is -2.43. The highest BCUT2D eigenvalue weighted by Gasteiger charge is 2.97. The zero-order chi connectivity index (χ0) is 71.8. The number of hydrogen-bond acceptors (Lipinski definition) is 4. The van der Waals surface area contributed by atoms with Gasteiger partial charge in [0.05, 0.1) is 22.3 Å². The molecule has 0 atom stereocenters. The van der Waals surface area contributed by atoms with E-state index in [1.165, 1.54) is 0 Å². The molecule has 4 amide bonds. The number of carbonyl (C=O) groups is 4. The van der Waals surface area contributed by atoms with Crippen molar-refractivity contribution in [2.24, 2.45) is 0 Å². The molecule has 2 aliphatic rings. The maximum Gasteiger partial charge on any atom is 0.460 e. The predicted octanol–water partition coefficient (Wildman–Crippen LogP) is 16.8. The SMILES string of the molecule is O=C1c2c(F)c(F)c3c4c(F)c(F)c5c6c(c(F)c(F)c(c7c(F)c(F)c(c2c37)C(=O)N1CCC(F)(F)C(F)(F)C(F)(F)C(F)(F)C(F)(F)C(F)(F)C(F)(F)C(F)(F)F)c64)C(=O)N(CCC(F)(F)C(F)(F)C(F)(F)C(F)(F)C(F)(F)C(F)(F)C(F)(F)C(F)(F)F)C5=O. The van der Waals surface area contributed by atoms with Gasteiger partial charge in [0.2, 0.25) is 0 Å². The molecule has 2 heterocycles. The lowest BCUT2D eigenvalue weighted by Crippen LogP contribution is -2.74. The number of nitrogens with zero attached hydrogens (tertiary/aromatic N) is 2. The van der Waals surface area contributed by atoms with Gasteiger partial charge in [0.25, 0.3) is 23.6 Å². The summed E-state index contributed by atoms with van der Waals surface area (Å²) in [7, 11) is 0. The van der Waals surface area contributed by atoms with Crippen LogP contribution in [0, 0.1) is 46.5 Å². The summed E-state index contributed by atoms with van der Waals surface area (Å²) in [4.78, 5) is 51.3. The fourth-order valence-electron chi connectivity index (χ4n) is 9.34. The molecule has 0 saturated heterocycles. The molecule has 5 aromatic carbocycles. The first kappa shape index (κ1) is 72.2. The summed E-state index contributed by atoms with van der Waals surface area (Å²) in [5, 5.41) is -19.0. The van der Waals surface area contributed by atoms with Crippen molar-refractivity contribution >= 4 is 66.7 Å². The van der Waals surface area contributed by atoms with Crippen molar-refractivity contribution in [1.82, 2.24) is 9.80 Å². The van der Waals surface area contributed by atoms with Crippen LogP contribution in [0.4, 0.5) is 184 Å². The van der Waals surface area contributed by atoms with Crippen LogP contribution in [0.5, 0.6) is 0 Å². The van der Waals surface area contributed by atoms with Crippen LogP contribution in [0.3, 0.4) is 0 Å². The first-order valence-corrected chi connectivity index (χ1v) is 22.5. The maximum absolute atomic E-state index is 16.6. The van der Waals surface area contributed by atoms with E-state index in [2.05, 4.69) is 0 Å². The zero-order valence-electron chi connectivity index (χ0n) is 41.2. The number of fused-ring (bicyclic) bond motifs is 2. The standard InChI is InChI=1S/C44H8F42N2O4/c45-17-9-5-7-13(21(17)49)25(89)87(3-1-29(53,54)31(57,58)33(61,62)35(65,66)37(69,70)39(73,74)41(77,78)43(81,82)83)26(90)14(7)22(50)18(46)10(5)12-6-8-15(23(51)19(47)11(6)9)27(91)88(28(92)16(8)24(52)20(12)48)4-2-30(55,56)32(59,60)34(63,64)36(67,68)38(71,72)40(75,76)42(79,80)44(84,85)86/h1-4H2. The Kier molecular flexibility index (Phi) is 15.4. The predicted molar refractivity (Wildman–Crippen MR) is 209 cm³/mol. The molecule has 2 aliphatic heterocycles. The normalized spacial score (nSPS) is 16.6. The number of carbonyl (C=O) groups excluding carboxylic acids is 4. The summed E-state index contributed by atoms with van der Waals surface area (Å²) >= 11 is 0. The van der Waals surface area contributed by atoms with E-state index in [0.717, 1.165) is 0 Å². The van der Waals surface area contributed by atoms with Crippen molar-refractivity contribution in [3.63, 3.8) is 0 Å². The summed E-state index contributed by atoms with van der Waals surface area (Å²) in [6.45, 7) is -6.33. The van der Waals surface area contributed by atoms with Gasteiger partial charge in [-0.2, -0.15) is 149 Å². The highest BCUT2D eigenvalue weighted by atomic mass is 19.4. The van der Waals surface area contributed by atoms with Crippen LogP contribution in [0.15, 0.2) is 0 Å². The van der Waals surface area contributed by atoms with Gasteiger partial charge in [-0.1, -0.05) is 0 Å². The summed E-state index contributed by atoms with van der Waals surface area (Å²) in [6, 6.07) is 0. The fraction of sp³-hybridized carbons (Fsp3) is 0.455. The van der Waals surface area contributed by atoms with E-state index in [1.807, 2.05) is 0 Å². The van der Waals surface area contributed by atoms with Crippen molar-refractivity contribution in [3.05, 3.63) is 68.8 Å². The third-order valence-electron chi connectivity index (χ3n) is 14.2. The molecule has 0 bridgehead atoms. The Morgan fingerprint density at radius 3 is 0.543 bits per heavy atom. The molecule has 6 nitrogen and oxygen atoms in total. The van der Waals surface area contributed by atoms with Gasteiger partial charge in [-0.3, -0.25) is 29.0 Å². The molecule has 48 heteroatoms. The van der Waals surface area contributed by atoms with Crippen molar-refractivity contribution in [2.75, 3.05) is 13.1 Å². The van der Waals surface area contributed by atoms with E-state index in [9.17, 15) is 168 Å². The Morgan fingerprint density at radius 1 is 0.207 bits per heavy atom. The Labute approximate surface area is 470 Å². The number of amides is 4. The molecule has 92 heavy (non-hydrogen) atoms. The van der Waals surface area contributed by atoms with Gasteiger partial charge in [0, 0.05) is 69.0 Å². The lowest BCUT2D eigenvalue weighted by molar-refractivity contribution is -0.461. The second-order valence-corrected chi connectivity index (χ2v) is 19.3. The number of halogens is 42. The molecule has 0 aromatic heterocycles. The largest absolute Gasteiger partial charge is 0.460 e. The van der Waals surface area contributed by atoms with E-state index in [1.54, 1.807) is 0 Å². The van der Waals surface area contributed by atoms with Gasteiger partial charge < -0.3 is 0 Å². The highest BCUT2D eigenvalue weighted by Crippen LogP contribution is 2.67. The van der Waals surface area contributed by atoms with Gasteiger partial charge in [-0.15, -0.1) is 0 Å².